The third-order valence-electron chi connectivity index (χ3n) is 7.16. The van der Waals surface area contributed by atoms with Crippen LogP contribution in [0, 0.1) is 6.92 Å². The molecular weight excluding hydrogens is 452 g/mol. The summed E-state index contributed by atoms with van der Waals surface area (Å²) in [5.74, 6) is -0.411. The van der Waals surface area contributed by atoms with Gasteiger partial charge in [-0.1, -0.05) is 121 Å². The lowest BCUT2D eigenvalue weighted by atomic mass is 9.75. The van der Waals surface area contributed by atoms with Gasteiger partial charge in [-0.25, -0.2) is 0 Å². The van der Waals surface area contributed by atoms with Gasteiger partial charge in [0.25, 0.3) is 0 Å². The molecule has 182 valence electrons. The first-order valence-corrected chi connectivity index (χ1v) is 12.6. The molecule has 5 aromatic rings. The van der Waals surface area contributed by atoms with E-state index in [2.05, 4.69) is 55.5 Å². The van der Waals surface area contributed by atoms with Gasteiger partial charge >= 0.3 is 0 Å². The van der Waals surface area contributed by atoms with Crippen molar-refractivity contribution in [2.24, 2.45) is 0 Å². The van der Waals surface area contributed by atoms with E-state index in [9.17, 15) is 9.90 Å². The number of phenols is 1. The Labute approximate surface area is 218 Å². The summed E-state index contributed by atoms with van der Waals surface area (Å²) in [6.45, 7) is 3.60. The summed E-state index contributed by atoms with van der Waals surface area (Å²) in [7, 11) is 0. The highest BCUT2D eigenvalue weighted by atomic mass is 16.3. The second-order valence-corrected chi connectivity index (χ2v) is 9.47. The molecule has 1 N–H and O–H groups in total. The summed E-state index contributed by atoms with van der Waals surface area (Å²) in [6, 6.07) is 43.0. The summed E-state index contributed by atoms with van der Waals surface area (Å²) in [5.41, 5.74) is 7.54. The number of hydrogen-bond acceptors (Lipinski definition) is 2. The van der Waals surface area contributed by atoms with Crippen LogP contribution in [0.1, 0.15) is 68.1 Å². The lowest BCUT2D eigenvalue weighted by Gasteiger charge is -2.28. The summed E-state index contributed by atoms with van der Waals surface area (Å²) in [6.07, 6.45) is 0. The van der Waals surface area contributed by atoms with E-state index in [1.165, 1.54) is 6.92 Å². The Bertz CT molecular complexity index is 1410. The molecule has 0 spiro atoms. The van der Waals surface area contributed by atoms with Crippen molar-refractivity contribution in [1.82, 2.24) is 0 Å². The smallest absolute Gasteiger partial charge is 0.163 e. The number of Topliss-reactive ketones (excluding diaryl/α,β-unsaturated/α-hetero) is 1. The van der Waals surface area contributed by atoms with E-state index in [1.807, 2.05) is 78.9 Å². The highest BCUT2D eigenvalue weighted by Gasteiger charge is 2.29. The Hall–Kier alpha value is -4.43. The molecule has 0 heterocycles. The fourth-order valence-electron chi connectivity index (χ4n) is 5.39. The second-order valence-electron chi connectivity index (χ2n) is 9.47. The van der Waals surface area contributed by atoms with Crippen LogP contribution in [0.5, 0.6) is 5.75 Å². The fraction of sp³-hybridized carbons (Fsp3) is 0.114. The van der Waals surface area contributed by atoms with Gasteiger partial charge in [0.1, 0.15) is 5.75 Å². The Morgan fingerprint density at radius 2 is 0.946 bits per heavy atom. The van der Waals surface area contributed by atoms with Gasteiger partial charge in [-0.15, -0.1) is 0 Å². The maximum Gasteiger partial charge on any atom is 0.163 e. The van der Waals surface area contributed by atoms with Gasteiger partial charge < -0.3 is 5.11 Å². The highest BCUT2D eigenvalue weighted by molar-refractivity contribution is 5.98. The van der Waals surface area contributed by atoms with Crippen molar-refractivity contribution in [1.29, 1.82) is 0 Å². The zero-order chi connectivity index (χ0) is 25.8. The molecule has 0 saturated carbocycles. The zero-order valence-corrected chi connectivity index (χ0v) is 21.1. The monoisotopic (exact) mass is 482 g/mol. The minimum absolute atomic E-state index is 0.0614. The van der Waals surface area contributed by atoms with Crippen molar-refractivity contribution in [2.75, 3.05) is 0 Å². The average Bonchev–Trinajstić information content (AvgIpc) is 2.94. The quantitative estimate of drug-likeness (QED) is 0.187. The van der Waals surface area contributed by atoms with Gasteiger partial charge in [0, 0.05) is 17.4 Å². The molecule has 0 radical (unpaired) electrons. The molecule has 37 heavy (non-hydrogen) atoms. The maximum absolute atomic E-state index is 12.9. The standard InChI is InChI=1S/C35H30O2/c1-24-30(33(26-15-7-3-8-16-26)27-17-9-4-10-18-27)23-31(25(2)36)35(37)32(24)34(28-19-11-5-12-20-28)29-21-13-6-14-22-29/h3-23,33-34,37H,1-2H3. The van der Waals surface area contributed by atoms with E-state index < -0.39 is 0 Å². The third kappa shape index (κ3) is 4.83. The van der Waals surface area contributed by atoms with Gasteiger partial charge in [0.15, 0.2) is 5.78 Å². The second kappa shape index (κ2) is 10.7. The molecule has 2 heteroatoms. The van der Waals surface area contributed by atoms with Crippen LogP contribution in [0.15, 0.2) is 127 Å². The summed E-state index contributed by atoms with van der Waals surface area (Å²) >= 11 is 0. The molecule has 0 aliphatic carbocycles. The molecule has 0 amide bonds. The van der Waals surface area contributed by atoms with Crippen molar-refractivity contribution in [3.8, 4) is 5.75 Å². The van der Waals surface area contributed by atoms with E-state index in [1.54, 1.807) is 0 Å². The molecule has 0 saturated heterocycles. The summed E-state index contributed by atoms with van der Waals surface area (Å²) < 4.78 is 0. The van der Waals surface area contributed by atoms with E-state index >= 15 is 0 Å². The lowest BCUT2D eigenvalue weighted by Crippen LogP contribution is -2.13. The Balaban J connectivity index is 1.85. The maximum atomic E-state index is 12.9. The molecular formula is C35H30O2. The first kappa shape index (κ1) is 24.3. The molecule has 0 atom stereocenters. The van der Waals surface area contributed by atoms with E-state index in [-0.39, 0.29) is 23.4 Å². The molecule has 0 bridgehead atoms. The third-order valence-corrected chi connectivity index (χ3v) is 7.16. The van der Waals surface area contributed by atoms with Gasteiger partial charge in [-0.3, -0.25) is 4.79 Å². The minimum atomic E-state index is -0.229. The van der Waals surface area contributed by atoms with Crippen molar-refractivity contribution in [2.45, 2.75) is 25.7 Å². The first-order valence-electron chi connectivity index (χ1n) is 12.6. The highest BCUT2D eigenvalue weighted by Crippen LogP contribution is 2.45. The fourth-order valence-corrected chi connectivity index (χ4v) is 5.39. The number of carbonyl (C=O) groups is 1. The van der Waals surface area contributed by atoms with E-state index in [0.29, 0.717) is 5.56 Å². The Morgan fingerprint density at radius 1 is 0.595 bits per heavy atom. The molecule has 5 aromatic carbocycles. The number of hydrogen-bond donors (Lipinski definition) is 1. The van der Waals surface area contributed by atoms with Crippen LogP contribution in [0.2, 0.25) is 0 Å². The Morgan fingerprint density at radius 3 is 1.30 bits per heavy atom. The number of rotatable bonds is 7. The van der Waals surface area contributed by atoms with Crippen LogP contribution in [-0.4, -0.2) is 10.9 Å². The summed E-state index contributed by atoms with van der Waals surface area (Å²) in [5, 5.41) is 11.7. The van der Waals surface area contributed by atoms with Crippen molar-refractivity contribution >= 4 is 5.78 Å². The predicted molar refractivity (Wildman–Crippen MR) is 151 cm³/mol. The minimum Gasteiger partial charge on any atom is -0.507 e. The molecule has 0 aliphatic rings. The molecule has 0 aromatic heterocycles. The van der Waals surface area contributed by atoms with Crippen LogP contribution in [0.25, 0.3) is 0 Å². The number of benzene rings is 5. The lowest BCUT2D eigenvalue weighted by molar-refractivity contribution is 0.101. The van der Waals surface area contributed by atoms with Gasteiger partial charge in [-0.2, -0.15) is 0 Å². The van der Waals surface area contributed by atoms with Crippen LogP contribution in [-0.2, 0) is 0 Å². The first-order chi connectivity index (χ1) is 18.1. The molecule has 0 unspecified atom stereocenters. The summed E-state index contributed by atoms with van der Waals surface area (Å²) in [4.78, 5) is 12.9. The van der Waals surface area contributed by atoms with Crippen LogP contribution >= 0.6 is 0 Å². The largest absolute Gasteiger partial charge is 0.507 e. The SMILES string of the molecule is CC(=O)c1cc(C(c2ccccc2)c2ccccc2)c(C)c(C(c2ccccc2)c2ccccc2)c1O. The number of ketones is 1. The molecule has 2 nitrogen and oxygen atoms in total. The zero-order valence-electron chi connectivity index (χ0n) is 21.1. The molecule has 0 fully saturated rings. The van der Waals surface area contributed by atoms with Gasteiger partial charge in [-0.05, 0) is 53.3 Å². The predicted octanol–water partition coefficient (Wildman–Crippen LogP) is 8.26. The van der Waals surface area contributed by atoms with Crippen molar-refractivity contribution in [3.63, 3.8) is 0 Å². The topological polar surface area (TPSA) is 37.3 Å². The van der Waals surface area contributed by atoms with Crippen LogP contribution in [0.3, 0.4) is 0 Å². The van der Waals surface area contributed by atoms with Gasteiger partial charge in [0.2, 0.25) is 0 Å². The van der Waals surface area contributed by atoms with Crippen LogP contribution in [0.4, 0.5) is 0 Å². The van der Waals surface area contributed by atoms with Crippen molar-refractivity contribution in [3.05, 3.63) is 172 Å². The van der Waals surface area contributed by atoms with Gasteiger partial charge in [0.05, 0.1) is 5.56 Å². The van der Waals surface area contributed by atoms with E-state index in [4.69, 9.17) is 0 Å². The van der Waals surface area contributed by atoms with Crippen molar-refractivity contribution < 1.29 is 9.90 Å². The normalized spacial score (nSPS) is 11.1. The average molecular weight is 483 g/mol. The molecule has 5 rings (SSSR count). The number of carbonyl (C=O) groups excluding carboxylic acids is 1. The Kier molecular flexibility index (Phi) is 7.00. The molecule has 0 aliphatic heterocycles. The van der Waals surface area contributed by atoms with Crippen LogP contribution < -0.4 is 0 Å². The van der Waals surface area contributed by atoms with E-state index in [0.717, 1.165) is 38.9 Å². The number of phenolic OH excluding ortho intramolecular Hbond substituents is 1. The number of aromatic hydroxyl groups is 1.